The Hall–Kier alpha value is 0.0649. The highest BCUT2D eigenvalue weighted by Crippen LogP contribution is 2.64. The molecule has 0 N–H and O–H groups in total. The minimum absolute atomic E-state index is 0.0333. The first-order valence-corrected chi connectivity index (χ1v) is 10.5. The largest absolute Gasteiger partial charge is 0.0753 e. The van der Waals surface area contributed by atoms with E-state index in [9.17, 15) is 0 Å². The molecule has 0 aromatic carbocycles. The summed E-state index contributed by atoms with van der Waals surface area (Å²) in [5, 5.41) is -0.0333. The summed E-state index contributed by atoms with van der Waals surface area (Å²) in [6.07, 6.45) is 10.9. The molecule has 0 aromatic heterocycles. The van der Waals surface area contributed by atoms with Gasteiger partial charge in [-0.1, -0.05) is 106 Å². The summed E-state index contributed by atoms with van der Waals surface area (Å²) >= 11 is 0. The third kappa shape index (κ3) is 3.85. The Bertz CT molecular complexity index is 283. The van der Waals surface area contributed by atoms with Crippen molar-refractivity contribution in [3.05, 3.63) is 0 Å². The van der Waals surface area contributed by atoms with Gasteiger partial charge in [-0.3, -0.25) is 0 Å². The van der Waals surface area contributed by atoms with Crippen LogP contribution >= 0.6 is 0 Å². The van der Waals surface area contributed by atoms with Gasteiger partial charge in [0.2, 0.25) is 0 Å². The lowest BCUT2D eigenvalue weighted by Crippen LogP contribution is -2.47. The minimum Gasteiger partial charge on any atom is -0.0655 e. The maximum absolute atomic E-state index is 7.04. The molecule has 0 saturated heterocycles. The van der Waals surface area contributed by atoms with Crippen LogP contribution in [-0.2, 0) is 0 Å². The van der Waals surface area contributed by atoms with Gasteiger partial charge in [-0.25, -0.2) is 0 Å². The molecule has 0 fully saturated rings. The molecule has 0 unspecified atom stereocenters. The lowest BCUT2D eigenvalue weighted by Gasteiger charge is -2.58. The van der Waals surface area contributed by atoms with Gasteiger partial charge in [-0.2, -0.15) is 0 Å². The van der Waals surface area contributed by atoms with Crippen LogP contribution in [-0.4, -0.2) is 7.85 Å². The molecule has 0 aliphatic carbocycles. The number of hydrogen-bond acceptors (Lipinski definition) is 0. The van der Waals surface area contributed by atoms with Gasteiger partial charge in [0.1, 0.15) is 0 Å². The molecule has 0 spiro atoms. The monoisotopic (exact) mass is 320 g/mol. The van der Waals surface area contributed by atoms with E-state index in [1.807, 2.05) is 0 Å². The van der Waals surface area contributed by atoms with Crippen molar-refractivity contribution in [2.24, 2.45) is 16.2 Å². The lowest BCUT2D eigenvalue weighted by atomic mass is 9.42. The van der Waals surface area contributed by atoms with Crippen molar-refractivity contribution in [2.75, 3.05) is 0 Å². The summed E-state index contributed by atoms with van der Waals surface area (Å²) in [5.74, 6) is 0. The normalized spacial score (nSPS) is 14.3. The van der Waals surface area contributed by atoms with E-state index < -0.39 is 0 Å². The molecular formula is C22H45B. The predicted molar refractivity (Wildman–Crippen MR) is 108 cm³/mol. The minimum atomic E-state index is -0.0333. The summed E-state index contributed by atoms with van der Waals surface area (Å²) in [6, 6.07) is 0. The van der Waals surface area contributed by atoms with Gasteiger partial charge < -0.3 is 0 Å². The van der Waals surface area contributed by atoms with E-state index in [0.717, 1.165) is 12.8 Å². The second-order valence-corrected chi connectivity index (χ2v) is 8.28. The Balaban J connectivity index is 6.13. The Kier molecular flexibility index (Phi) is 8.98. The van der Waals surface area contributed by atoms with E-state index in [-0.39, 0.29) is 10.7 Å². The molecule has 0 amide bonds. The van der Waals surface area contributed by atoms with Gasteiger partial charge >= 0.3 is 0 Å². The fourth-order valence-electron chi connectivity index (χ4n) is 5.59. The standard InChI is InChI=1S/C22H45B/c1-10-19(9,11-2)20(12-3,13-4)18-21(14-5,15-6)22(23,16-7)17-8/h10-18H2,1-9H3. The van der Waals surface area contributed by atoms with E-state index in [1.165, 1.54) is 44.9 Å². The predicted octanol–water partition coefficient (Wildman–Crippen LogP) is 7.96. The van der Waals surface area contributed by atoms with Crippen LogP contribution in [0.15, 0.2) is 0 Å². The summed E-state index contributed by atoms with van der Waals surface area (Å²) < 4.78 is 0. The summed E-state index contributed by atoms with van der Waals surface area (Å²) in [7, 11) is 7.04. The highest BCUT2D eigenvalue weighted by Gasteiger charge is 2.51. The van der Waals surface area contributed by atoms with Crippen LogP contribution in [0.25, 0.3) is 0 Å². The van der Waals surface area contributed by atoms with E-state index >= 15 is 0 Å². The first-order chi connectivity index (χ1) is 10.7. The number of hydrogen-bond donors (Lipinski definition) is 0. The molecule has 2 radical (unpaired) electrons. The first kappa shape index (κ1) is 23.1. The van der Waals surface area contributed by atoms with Crippen molar-refractivity contribution in [3.8, 4) is 0 Å². The van der Waals surface area contributed by atoms with Crippen molar-refractivity contribution < 1.29 is 0 Å². The van der Waals surface area contributed by atoms with Crippen LogP contribution in [0, 0.1) is 16.2 Å². The van der Waals surface area contributed by atoms with Gasteiger partial charge in [-0.05, 0) is 35.5 Å². The van der Waals surface area contributed by atoms with Gasteiger partial charge in [0.15, 0.2) is 0 Å². The number of rotatable bonds is 12. The SMILES string of the molecule is [B]C(CC)(CC)C(CC)(CC)CC(CC)(CC)C(C)(CC)CC. The van der Waals surface area contributed by atoms with E-state index in [2.05, 4.69) is 62.3 Å². The maximum Gasteiger partial charge on any atom is 0.0753 e. The van der Waals surface area contributed by atoms with E-state index in [4.69, 9.17) is 7.85 Å². The maximum atomic E-state index is 7.04. The Morgan fingerprint density at radius 3 is 1.09 bits per heavy atom. The lowest BCUT2D eigenvalue weighted by molar-refractivity contribution is -0.0406. The Labute approximate surface area is 150 Å². The zero-order chi connectivity index (χ0) is 18.4. The second kappa shape index (κ2) is 8.96. The molecule has 0 aliphatic rings. The highest BCUT2D eigenvalue weighted by molar-refractivity contribution is 6.15. The topological polar surface area (TPSA) is 0 Å². The molecule has 0 rings (SSSR count). The summed E-state index contributed by atoms with van der Waals surface area (Å²) in [5.41, 5.74) is 1.07. The van der Waals surface area contributed by atoms with Crippen molar-refractivity contribution in [1.29, 1.82) is 0 Å². The van der Waals surface area contributed by atoms with Crippen molar-refractivity contribution in [3.63, 3.8) is 0 Å². The van der Waals surface area contributed by atoms with Crippen LogP contribution in [0.3, 0.4) is 0 Å². The van der Waals surface area contributed by atoms with Crippen molar-refractivity contribution in [1.82, 2.24) is 0 Å². The zero-order valence-corrected chi connectivity index (χ0v) is 17.9. The molecule has 0 aliphatic heterocycles. The third-order valence-corrected chi connectivity index (χ3v) is 8.54. The summed E-state index contributed by atoms with van der Waals surface area (Å²) in [4.78, 5) is 0. The molecule has 0 aromatic rings. The van der Waals surface area contributed by atoms with Crippen LogP contribution in [0.5, 0.6) is 0 Å². The van der Waals surface area contributed by atoms with Gasteiger partial charge in [-0.15, -0.1) is 0 Å². The van der Waals surface area contributed by atoms with Crippen LogP contribution in [0.2, 0.25) is 5.31 Å². The van der Waals surface area contributed by atoms with Gasteiger partial charge in [0.25, 0.3) is 0 Å². The van der Waals surface area contributed by atoms with Crippen LogP contribution in [0.4, 0.5) is 0 Å². The first-order valence-electron chi connectivity index (χ1n) is 10.5. The molecule has 0 nitrogen and oxygen atoms in total. The molecule has 1 heteroatoms. The molecular weight excluding hydrogens is 275 g/mol. The van der Waals surface area contributed by atoms with Crippen LogP contribution < -0.4 is 0 Å². The van der Waals surface area contributed by atoms with Crippen LogP contribution in [0.1, 0.15) is 120 Å². The average molecular weight is 320 g/mol. The third-order valence-electron chi connectivity index (χ3n) is 8.54. The molecule has 0 heterocycles. The highest BCUT2D eigenvalue weighted by atomic mass is 14.6. The Morgan fingerprint density at radius 2 is 0.870 bits per heavy atom. The molecule has 23 heavy (non-hydrogen) atoms. The second-order valence-electron chi connectivity index (χ2n) is 8.28. The van der Waals surface area contributed by atoms with Crippen molar-refractivity contribution in [2.45, 2.75) is 125 Å². The fourth-order valence-corrected chi connectivity index (χ4v) is 5.59. The fraction of sp³-hybridized carbons (Fsp3) is 1.00. The van der Waals surface area contributed by atoms with E-state index in [1.54, 1.807) is 0 Å². The average Bonchev–Trinajstić information content (AvgIpc) is 2.62. The molecule has 0 bridgehead atoms. The summed E-state index contributed by atoms with van der Waals surface area (Å²) in [6.45, 7) is 21.5. The molecule has 0 atom stereocenters. The quantitative estimate of drug-likeness (QED) is 0.320. The zero-order valence-electron chi connectivity index (χ0n) is 17.9. The Morgan fingerprint density at radius 1 is 0.522 bits per heavy atom. The smallest absolute Gasteiger partial charge is 0.0655 e. The van der Waals surface area contributed by atoms with Crippen molar-refractivity contribution >= 4 is 7.85 Å². The molecule has 0 saturated carbocycles. The van der Waals surface area contributed by atoms with Gasteiger partial charge in [0.05, 0.1) is 7.85 Å². The molecule has 136 valence electrons. The van der Waals surface area contributed by atoms with Gasteiger partial charge in [0, 0.05) is 0 Å². The van der Waals surface area contributed by atoms with E-state index in [0.29, 0.717) is 10.8 Å².